The van der Waals surface area contributed by atoms with Crippen molar-refractivity contribution in [1.82, 2.24) is 14.8 Å². The molecule has 0 bridgehead atoms. The molecule has 0 aliphatic heterocycles. The summed E-state index contributed by atoms with van der Waals surface area (Å²) in [5.41, 5.74) is 5.72. The van der Waals surface area contributed by atoms with Crippen molar-refractivity contribution >= 4 is 32.6 Å². The Labute approximate surface area is 168 Å². The Morgan fingerprint density at radius 1 is 1.11 bits per heavy atom. The summed E-state index contributed by atoms with van der Waals surface area (Å²) in [6.07, 6.45) is 0. The van der Waals surface area contributed by atoms with E-state index in [1.165, 1.54) is 11.1 Å². The molecule has 0 N–H and O–H groups in total. The summed E-state index contributed by atoms with van der Waals surface area (Å²) < 4.78 is 2.76. The number of carbonyl (C=O) groups excluding carboxylic acids is 1. The van der Waals surface area contributed by atoms with Crippen molar-refractivity contribution in [3.05, 3.63) is 76.6 Å². The van der Waals surface area contributed by atoms with Crippen LogP contribution >= 0.6 is 11.3 Å². The van der Waals surface area contributed by atoms with Gasteiger partial charge in [0.1, 0.15) is 5.69 Å². The molecule has 0 saturated heterocycles. The highest BCUT2D eigenvalue weighted by Gasteiger charge is 2.24. The lowest BCUT2D eigenvalue weighted by atomic mass is 10.1. The van der Waals surface area contributed by atoms with E-state index in [9.17, 15) is 4.79 Å². The molecule has 0 radical (unpaired) electrons. The topological polar surface area (TPSA) is 51.0 Å². The molecule has 0 spiro atoms. The van der Waals surface area contributed by atoms with Gasteiger partial charge in [0.05, 0.1) is 22.5 Å². The van der Waals surface area contributed by atoms with E-state index in [1.54, 1.807) is 28.0 Å². The highest BCUT2D eigenvalue weighted by molar-refractivity contribution is 7.22. The number of hydrogen-bond acceptors (Lipinski definition) is 4. The van der Waals surface area contributed by atoms with Gasteiger partial charge in [-0.1, -0.05) is 47.7 Å². The molecule has 2 aromatic heterocycles. The maximum absolute atomic E-state index is 13.4. The minimum Gasteiger partial charge on any atom is -0.278 e. The summed E-state index contributed by atoms with van der Waals surface area (Å²) in [7, 11) is 1.80. The number of fused-ring (bicyclic) bond motifs is 1. The van der Waals surface area contributed by atoms with Crippen LogP contribution in [0, 0.1) is 20.8 Å². The van der Waals surface area contributed by atoms with Gasteiger partial charge in [-0.25, -0.2) is 4.98 Å². The monoisotopic (exact) mass is 390 g/mol. The second kappa shape index (κ2) is 7.20. The summed E-state index contributed by atoms with van der Waals surface area (Å²) in [4.78, 5) is 20.0. The fraction of sp³-hybridized carbons (Fsp3) is 0.227. The van der Waals surface area contributed by atoms with Crippen LogP contribution in [0.1, 0.15) is 32.9 Å². The van der Waals surface area contributed by atoms with E-state index in [-0.39, 0.29) is 5.91 Å². The molecule has 0 aliphatic rings. The highest BCUT2D eigenvalue weighted by Crippen LogP contribution is 2.33. The lowest BCUT2D eigenvalue weighted by Gasteiger charge is -2.20. The van der Waals surface area contributed by atoms with Gasteiger partial charge in [0.2, 0.25) is 0 Å². The third-order valence-electron chi connectivity index (χ3n) is 4.69. The molecule has 0 saturated carbocycles. The standard InChI is InChI=1S/C22H22N4OS/c1-14-10-15(2)20-18(11-14)23-22(28-20)26(13-17-8-6-5-7-9-17)21(27)19-12-16(3)24-25(19)4/h5-12H,13H2,1-4H3. The zero-order valence-electron chi connectivity index (χ0n) is 16.4. The minimum atomic E-state index is -0.0969. The predicted molar refractivity (Wildman–Crippen MR) is 114 cm³/mol. The quantitative estimate of drug-likeness (QED) is 0.503. The van der Waals surface area contributed by atoms with Gasteiger partial charge in [0.15, 0.2) is 5.13 Å². The van der Waals surface area contributed by atoms with Gasteiger partial charge in [-0.15, -0.1) is 0 Å². The summed E-state index contributed by atoms with van der Waals surface area (Å²) in [6.45, 7) is 6.51. The average molecular weight is 391 g/mol. The van der Waals surface area contributed by atoms with E-state index in [4.69, 9.17) is 4.98 Å². The Bertz CT molecular complexity index is 1160. The molecule has 6 heteroatoms. The number of anilines is 1. The number of thiazole rings is 1. The molecule has 2 aromatic carbocycles. The third kappa shape index (κ3) is 3.43. The summed E-state index contributed by atoms with van der Waals surface area (Å²) in [5.74, 6) is -0.0969. The molecule has 1 amide bonds. The zero-order valence-corrected chi connectivity index (χ0v) is 17.2. The predicted octanol–water partition coefficient (Wildman–Crippen LogP) is 4.80. The molecule has 28 heavy (non-hydrogen) atoms. The molecular formula is C22H22N4OS. The van der Waals surface area contributed by atoms with Crippen LogP contribution in [0.3, 0.4) is 0 Å². The number of hydrogen-bond donors (Lipinski definition) is 0. The number of amides is 1. The third-order valence-corrected chi connectivity index (χ3v) is 5.92. The Morgan fingerprint density at radius 2 is 1.86 bits per heavy atom. The van der Waals surface area contributed by atoms with Crippen molar-refractivity contribution in [2.75, 3.05) is 4.90 Å². The number of carbonyl (C=O) groups is 1. The largest absolute Gasteiger partial charge is 0.278 e. The van der Waals surface area contributed by atoms with Gasteiger partial charge in [0.25, 0.3) is 5.91 Å². The molecule has 5 nitrogen and oxygen atoms in total. The Morgan fingerprint density at radius 3 is 2.54 bits per heavy atom. The molecule has 4 aromatic rings. The van der Waals surface area contributed by atoms with Gasteiger partial charge >= 0.3 is 0 Å². The number of nitrogens with zero attached hydrogens (tertiary/aromatic N) is 4. The van der Waals surface area contributed by atoms with Crippen LogP contribution in [-0.2, 0) is 13.6 Å². The van der Waals surface area contributed by atoms with Gasteiger partial charge in [-0.05, 0) is 49.6 Å². The Kier molecular flexibility index (Phi) is 4.73. The molecule has 0 fully saturated rings. The van der Waals surface area contributed by atoms with Crippen LogP contribution in [0.4, 0.5) is 5.13 Å². The first kappa shape index (κ1) is 18.4. The molecule has 4 rings (SSSR count). The summed E-state index contributed by atoms with van der Waals surface area (Å²) in [6, 6.07) is 16.0. The molecule has 142 valence electrons. The van der Waals surface area contributed by atoms with Crippen molar-refractivity contribution in [3.63, 3.8) is 0 Å². The van der Waals surface area contributed by atoms with E-state index in [0.29, 0.717) is 17.4 Å². The number of aryl methyl sites for hydroxylation is 4. The van der Waals surface area contributed by atoms with Crippen molar-refractivity contribution in [1.29, 1.82) is 0 Å². The second-order valence-electron chi connectivity index (χ2n) is 7.10. The van der Waals surface area contributed by atoms with Gasteiger partial charge < -0.3 is 0 Å². The van der Waals surface area contributed by atoms with Gasteiger partial charge in [-0.3, -0.25) is 14.4 Å². The van der Waals surface area contributed by atoms with Crippen molar-refractivity contribution in [2.45, 2.75) is 27.3 Å². The minimum absolute atomic E-state index is 0.0969. The fourth-order valence-corrected chi connectivity index (χ4v) is 4.43. The smallest absolute Gasteiger partial charge is 0.278 e. The molecule has 0 aliphatic carbocycles. The summed E-state index contributed by atoms with van der Waals surface area (Å²) >= 11 is 1.56. The number of benzene rings is 2. The van der Waals surface area contributed by atoms with Gasteiger partial charge in [0, 0.05) is 7.05 Å². The molecule has 0 unspecified atom stereocenters. The van der Waals surface area contributed by atoms with E-state index in [1.807, 2.05) is 43.3 Å². The average Bonchev–Trinajstić information content (AvgIpc) is 3.22. The lowest BCUT2D eigenvalue weighted by molar-refractivity contribution is 0.0976. The number of rotatable bonds is 4. The first-order valence-electron chi connectivity index (χ1n) is 9.16. The highest BCUT2D eigenvalue weighted by atomic mass is 32.1. The van der Waals surface area contributed by atoms with E-state index in [2.05, 4.69) is 31.1 Å². The van der Waals surface area contributed by atoms with E-state index < -0.39 is 0 Å². The van der Waals surface area contributed by atoms with Crippen molar-refractivity contribution in [2.24, 2.45) is 7.05 Å². The second-order valence-corrected chi connectivity index (χ2v) is 8.08. The van der Waals surface area contributed by atoms with Crippen molar-refractivity contribution in [3.8, 4) is 0 Å². The zero-order chi connectivity index (χ0) is 19.8. The number of aromatic nitrogens is 3. The SMILES string of the molecule is Cc1cc(C)c2sc(N(Cc3ccccc3)C(=O)c3cc(C)nn3C)nc2c1. The first-order valence-corrected chi connectivity index (χ1v) is 9.98. The van der Waals surface area contributed by atoms with Crippen LogP contribution in [-0.4, -0.2) is 20.7 Å². The van der Waals surface area contributed by atoms with E-state index >= 15 is 0 Å². The van der Waals surface area contributed by atoms with Crippen molar-refractivity contribution < 1.29 is 4.79 Å². The van der Waals surface area contributed by atoms with Gasteiger partial charge in [-0.2, -0.15) is 5.10 Å². The Balaban J connectivity index is 1.82. The Hall–Kier alpha value is -2.99. The maximum Gasteiger partial charge on any atom is 0.278 e. The van der Waals surface area contributed by atoms with Crippen LogP contribution < -0.4 is 4.90 Å². The summed E-state index contributed by atoms with van der Waals surface area (Å²) in [5, 5.41) is 5.04. The first-order chi connectivity index (χ1) is 13.4. The normalized spacial score (nSPS) is 11.1. The molecular weight excluding hydrogens is 368 g/mol. The van der Waals surface area contributed by atoms with Crippen LogP contribution in [0.15, 0.2) is 48.5 Å². The van der Waals surface area contributed by atoms with Crippen LogP contribution in [0.2, 0.25) is 0 Å². The fourth-order valence-electron chi connectivity index (χ4n) is 3.42. The van der Waals surface area contributed by atoms with Crippen LogP contribution in [0.5, 0.6) is 0 Å². The maximum atomic E-state index is 13.4. The molecule has 0 atom stereocenters. The lowest BCUT2D eigenvalue weighted by Crippen LogP contribution is -2.31. The van der Waals surface area contributed by atoms with Crippen LogP contribution in [0.25, 0.3) is 10.2 Å². The van der Waals surface area contributed by atoms with E-state index in [0.717, 1.165) is 21.5 Å². The molecule has 2 heterocycles.